The second-order valence-corrected chi connectivity index (χ2v) is 8.04. The first-order chi connectivity index (χ1) is 16.1. The van der Waals surface area contributed by atoms with Gasteiger partial charge >= 0.3 is 0 Å². The molecule has 0 saturated carbocycles. The number of primary amides is 1. The Kier molecular flexibility index (Phi) is 5.40. The third-order valence-electron chi connectivity index (χ3n) is 5.66. The van der Waals surface area contributed by atoms with E-state index in [0.717, 1.165) is 63.5 Å². The molecule has 0 bridgehead atoms. The summed E-state index contributed by atoms with van der Waals surface area (Å²) in [5, 5.41) is 1.07. The van der Waals surface area contributed by atoms with Crippen LogP contribution in [-0.2, 0) is 12.8 Å². The van der Waals surface area contributed by atoms with E-state index in [1.807, 2.05) is 49.4 Å². The molecule has 0 aliphatic rings. The lowest BCUT2D eigenvalue weighted by molar-refractivity contribution is 0.100. The number of aryl methyl sites for hydroxylation is 3. The number of benzene rings is 2. The number of carbonyl (C=O) groups is 1. The summed E-state index contributed by atoms with van der Waals surface area (Å²) < 4.78 is 0. The van der Waals surface area contributed by atoms with E-state index in [1.165, 1.54) is 0 Å². The number of fused-ring (bicyclic) bond motifs is 1. The smallest absolute Gasteiger partial charge is 0.248 e. The molecule has 0 saturated heterocycles. The molecule has 0 aliphatic heterocycles. The van der Waals surface area contributed by atoms with E-state index in [2.05, 4.69) is 28.2 Å². The fourth-order valence-corrected chi connectivity index (χ4v) is 3.94. The van der Waals surface area contributed by atoms with Crippen molar-refractivity contribution < 1.29 is 4.79 Å². The van der Waals surface area contributed by atoms with Gasteiger partial charge in [0.05, 0.1) is 22.6 Å². The van der Waals surface area contributed by atoms with Crippen LogP contribution in [0.1, 0.15) is 27.4 Å². The monoisotopic (exact) mass is 433 g/mol. The number of nitrogens with zero attached hydrogens (tertiary/aromatic N) is 3. The second kappa shape index (κ2) is 8.67. The van der Waals surface area contributed by atoms with Crippen molar-refractivity contribution in [3.05, 3.63) is 102 Å². The number of H-pyrrole nitrogens is 1. The summed E-state index contributed by atoms with van der Waals surface area (Å²) in [6.07, 6.45) is 3.31. The highest BCUT2D eigenvalue weighted by molar-refractivity contribution is 5.92. The molecule has 3 aromatic heterocycles. The van der Waals surface area contributed by atoms with Crippen molar-refractivity contribution in [3.8, 4) is 22.6 Å². The van der Waals surface area contributed by atoms with Crippen LogP contribution >= 0.6 is 0 Å². The van der Waals surface area contributed by atoms with Gasteiger partial charge in [-0.2, -0.15) is 0 Å². The van der Waals surface area contributed by atoms with Crippen LogP contribution in [0.5, 0.6) is 0 Å². The third-order valence-corrected chi connectivity index (χ3v) is 5.66. The van der Waals surface area contributed by atoms with Crippen molar-refractivity contribution in [2.75, 3.05) is 0 Å². The average molecular weight is 434 g/mol. The lowest BCUT2D eigenvalue weighted by atomic mass is 10.1. The van der Waals surface area contributed by atoms with Crippen molar-refractivity contribution in [1.29, 1.82) is 0 Å². The molecule has 0 radical (unpaired) electrons. The summed E-state index contributed by atoms with van der Waals surface area (Å²) >= 11 is 0. The Morgan fingerprint density at radius 3 is 2.58 bits per heavy atom. The molecule has 1 amide bonds. The van der Waals surface area contributed by atoms with E-state index in [0.29, 0.717) is 5.56 Å². The zero-order valence-corrected chi connectivity index (χ0v) is 18.2. The van der Waals surface area contributed by atoms with E-state index < -0.39 is 5.91 Å². The van der Waals surface area contributed by atoms with Gasteiger partial charge in [-0.3, -0.25) is 14.8 Å². The molecule has 6 heteroatoms. The lowest BCUT2D eigenvalue weighted by Crippen LogP contribution is -2.10. The number of imidazole rings is 1. The van der Waals surface area contributed by atoms with Gasteiger partial charge in [0.25, 0.3) is 0 Å². The normalized spacial score (nSPS) is 11.1. The van der Waals surface area contributed by atoms with Gasteiger partial charge < -0.3 is 10.7 Å². The molecule has 5 aromatic rings. The first-order valence-electron chi connectivity index (χ1n) is 10.8. The van der Waals surface area contributed by atoms with Gasteiger partial charge in [0.1, 0.15) is 5.82 Å². The standard InChI is InChI=1S/C27H23N5O/c1-17-4-2-6-23(30-17)26-25(21-12-13-22-20(16-21)5-3-15-29-22)31-24(32-26)14-9-18-7-10-19(11-8-18)27(28)33/h2-8,10-13,15-16H,9,14H2,1H3,(H2,28,33)(H,31,32). The lowest BCUT2D eigenvalue weighted by Gasteiger charge is -2.05. The van der Waals surface area contributed by atoms with Gasteiger partial charge in [0.2, 0.25) is 5.91 Å². The Labute approximate surface area is 191 Å². The average Bonchev–Trinajstić information content (AvgIpc) is 3.27. The van der Waals surface area contributed by atoms with Crippen LogP contribution in [0.2, 0.25) is 0 Å². The molecule has 0 aliphatic carbocycles. The third kappa shape index (κ3) is 4.36. The number of carbonyl (C=O) groups excluding carboxylic acids is 1. The van der Waals surface area contributed by atoms with Gasteiger partial charge in [0.15, 0.2) is 0 Å². The number of hydrogen-bond donors (Lipinski definition) is 2. The molecule has 2 aromatic carbocycles. The molecule has 3 N–H and O–H groups in total. The Morgan fingerprint density at radius 1 is 0.939 bits per heavy atom. The second-order valence-electron chi connectivity index (χ2n) is 8.04. The predicted molar refractivity (Wildman–Crippen MR) is 130 cm³/mol. The predicted octanol–water partition coefficient (Wildman–Crippen LogP) is 4.88. The Morgan fingerprint density at radius 2 is 1.79 bits per heavy atom. The van der Waals surface area contributed by atoms with Crippen molar-refractivity contribution in [2.45, 2.75) is 19.8 Å². The number of aromatic amines is 1. The van der Waals surface area contributed by atoms with Crippen LogP contribution in [0.4, 0.5) is 0 Å². The molecule has 162 valence electrons. The molecular weight excluding hydrogens is 410 g/mol. The van der Waals surface area contributed by atoms with Crippen LogP contribution in [0.15, 0.2) is 79.0 Å². The van der Waals surface area contributed by atoms with E-state index in [1.54, 1.807) is 18.3 Å². The summed E-state index contributed by atoms with van der Waals surface area (Å²) in [7, 11) is 0. The maximum Gasteiger partial charge on any atom is 0.248 e. The number of rotatable bonds is 6. The van der Waals surface area contributed by atoms with E-state index in [4.69, 9.17) is 15.7 Å². The van der Waals surface area contributed by atoms with Crippen LogP contribution in [0.3, 0.4) is 0 Å². The quantitative estimate of drug-likeness (QED) is 0.399. The number of pyridine rings is 2. The van der Waals surface area contributed by atoms with Gasteiger partial charge in [-0.1, -0.05) is 30.3 Å². The first-order valence-corrected chi connectivity index (χ1v) is 10.8. The summed E-state index contributed by atoms with van der Waals surface area (Å²) in [6, 6.07) is 23.6. The first kappa shape index (κ1) is 20.6. The summed E-state index contributed by atoms with van der Waals surface area (Å²) in [4.78, 5) is 28.9. The molecule has 6 nitrogen and oxygen atoms in total. The van der Waals surface area contributed by atoms with E-state index in [9.17, 15) is 4.79 Å². The van der Waals surface area contributed by atoms with Crippen molar-refractivity contribution in [2.24, 2.45) is 5.73 Å². The minimum absolute atomic E-state index is 0.418. The molecule has 0 fully saturated rings. The zero-order chi connectivity index (χ0) is 22.8. The number of aromatic nitrogens is 4. The van der Waals surface area contributed by atoms with Crippen molar-refractivity contribution >= 4 is 16.8 Å². The molecule has 33 heavy (non-hydrogen) atoms. The van der Waals surface area contributed by atoms with Crippen LogP contribution in [0, 0.1) is 6.92 Å². The maximum atomic E-state index is 11.3. The van der Waals surface area contributed by atoms with Crippen LogP contribution in [0.25, 0.3) is 33.5 Å². The summed E-state index contributed by atoms with van der Waals surface area (Å²) in [5.41, 5.74) is 12.5. The molecule has 0 unspecified atom stereocenters. The molecule has 5 rings (SSSR count). The molecule has 0 spiro atoms. The minimum atomic E-state index is -0.418. The number of hydrogen-bond acceptors (Lipinski definition) is 4. The Hall–Kier alpha value is -4.32. The topological polar surface area (TPSA) is 97.6 Å². The summed E-state index contributed by atoms with van der Waals surface area (Å²) in [5.74, 6) is 0.465. The van der Waals surface area contributed by atoms with E-state index in [-0.39, 0.29) is 0 Å². The number of nitrogens with one attached hydrogen (secondary N) is 1. The minimum Gasteiger partial charge on any atom is -0.366 e. The van der Waals surface area contributed by atoms with E-state index >= 15 is 0 Å². The van der Waals surface area contributed by atoms with Gasteiger partial charge in [-0.05, 0) is 61.4 Å². The van der Waals surface area contributed by atoms with Crippen LogP contribution in [-0.4, -0.2) is 25.8 Å². The largest absolute Gasteiger partial charge is 0.366 e. The summed E-state index contributed by atoms with van der Waals surface area (Å²) in [6.45, 7) is 1.98. The highest BCUT2D eigenvalue weighted by Gasteiger charge is 2.16. The fourth-order valence-electron chi connectivity index (χ4n) is 3.94. The van der Waals surface area contributed by atoms with Crippen LogP contribution < -0.4 is 5.73 Å². The maximum absolute atomic E-state index is 11.3. The Balaban J connectivity index is 1.50. The zero-order valence-electron chi connectivity index (χ0n) is 18.2. The molecule has 0 atom stereocenters. The SMILES string of the molecule is Cc1cccc(-c2[nH]c(CCc3ccc(C(N)=O)cc3)nc2-c2ccc3ncccc3c2)n1. The Bertz CT molecular complexity index is 1450. The fraction of sp³-hybridized carbons (Fsp3) is 0.111. The van der Waals surface area contributed by atoms with Crippen molar-refractivity contribution in [3.63, 3.8) is 0 Å². The number of amides is 1. The van der Waals surface area contributed by atoms with Gasteiger partial charge in [0, 0.05) is 34.8 Å². The van der Waals surface area contributed by atoms with Gasteiger partial charge in [-0.15, -0.1) is 0 Å². The van der Waals surface area contributed by atoms with Crippen molar-refractivity contribution in [1.82, 2.24) is 19.9 Å². The highest BCUT2D eigenvalue weighted by Crippen LogP contribution is 2.31. The number of nitrogens with two attached hydrogens (primary N) is 1. The van der Waals surface area contributed by atoms with Gasteiger partial charge in [-0.25, -0.2) is 4.98 Å². The molecular formula is C27H23N5O. The highest BCUT2D eigenvalue weighted by atomic mass is 16.1. The molecule has 3 heterocycles.